The molecule has 1 N–H and O–H groups in total. The minimum Gasteiger partial charge on any atom is -0.544 e. The van der Waals surface area contributed by atoms with E-state index in [4.69, 9.17) is 8.84 Å². The molecule has 1 aromatic heterocycles. The maximum Gasteiger partial charge on any atom is 0.250 e. The normalized spacial score (nSPS) is 12.3. The molecule has 3 rings (SSSR count). The van der Waals surface area contributed by atoms with Crippen molar-refractivity contribution < 1.29 is 13.9 Å². The van der Waals surface area contributed by atoms with Crippen LogP contribution in [0.1, 0.15) is 20.8 Å². The fraction of sp³-hybridized carbons (Fsp3) is 0.286. The predicted octanol–water partition coefficient (Wildman–Crippen LogP) is 5.55. The first-order valence-electron chi connectivity index (χ1n) is 8.63. The highest BCUT2D eigenvalue weighted by atomic mass is 28.4. The Morgan fingerprint density at radius 3 is 2.27 bits per heavy atom. The summed E-state index contributed by atoms with van der Waals surface area (Å²) in [6.07, 6.45) is 0. The van der Waals surface area contributed by atoms with Gasteiger partial charge in [-0.05, 0) is 60.6 Å². The summed E-state index contributed by atoms with van der Waals surface area (Å²) in [5.74, 6) is 1.37. The first-order chi connectivity index (χ1) is 12.1. The van der Waals surface area contributed by atoms with Crippen LogP contribution in [0.15, 0.2) is 57.7 Å². The lowest BCUT2D eigenvalue weighted by Gasteiger charge is -2.36. The van der Waals surface area contributed by atoms with Gasteiger partial charge >= 0.3 is 0 Å². The molecule has 0 spiro atoms. The summed E-state index contributed by atoms with van der Waals surface area (Å²) in [6.45, 7) is 11.0. The van der Waals surface area contributed by atoms with Crippen LogP contribution in [0, 0.1) is 0 Å². The Kier molecular flexibility index (Phi) is 4.44. The second-order valence-corrected chi connectivity index (χ2v) is 12.8. The van der Waals surface area contributed by atoms with Crippen molar-refractivity contribution in [2.75, 3.05) is 0 Å². The number of rotatable bonds is 3. The molecule has 26 heavy (non-hydrogen) atoms. The topological polar surface area (TPSA) is 59.7 Å². The molecule has 0 atom stereocenters. The molecule has 0 amide bonds. The van der Waals surface area contributed by atoms with Crippen LogP contribution in [-0.4, -0.2) is 13.4 Å². The summed E-state index contributed by atoms with van der Waals surface area (Å²) in [7, 11) is -1.89. The molecule has 0 unspecified atom stereocenters. The molecular formula is C21H24O4Si. The smallest absolute Gasteiger partial charge is 0.250 e. The van der Waals surface area contributed by atoms with E-state index in [-0.39, 0.29) is 16.2 Å². The van der Waals surface area contributed by atoms with E-state index >= 15 is 0 Å². The lowest BCUT2D eigenvalue weighted by atomic mass is 10.1. The largest absolute Gasteiger partial charge is 0.544 e. The zero-order chi connectivity index (χ0) is 19.1. The van der Waals surface area contributed by atoms with Crippen molar-refractivity contribution in [3.05, 3.63) is 58.8 Å². The van der Waals surface area contributed by atoms with Crippen LogP contribution in [0.4, 0.5) is 0 Å². The number of aromatic hydroxyl groups is 1. The highest BCUT2D eigenvalue weighted by Gasteiger charge is 2.38. The average molecular weight is 369 g/mol. The summed E-state index contributed by atoms with van der Waals surface area (Å²) < 4.78 is 12.1. The number of fused-ring (bicyclic) bond motifs is 1. The van der Waals surface area contributed by atoms with E-state index in [2.05, 4.69) is 33.9 Å². The van der Waals surface area contributed by atoms with Crippen LogP contribution in [0.5, 0.6) is 11.5 Å². The molecule has 2 aromatic carbocycles. The fourth-order valence-corrected chi connectivity index (χ4v) is 3.45. The zero-order valence-electron chi connectivity index (χ0n) is 15.8. The SMILES string of the molecule is CC(C)(C)[Si](C)(C)Oc1ccc(-c2cc(=O)c3cc(O)ccc3o2)cc1. The monoisotopic (exact) mass is 368 g/mol. The minimum atomic E-state index is -1.89. The molecule has 5 heteroatoms. The number of benzene rings is 2. The van der Waals surface area contributed by atoms with Crippen LogP contribution in [-0.2, 0) is 0 Å². The summed E-state index contributed by atoms with van der Waals surface area (Å²) in [4.78, 5) is 12.3. The van der Waals surface area contributed by atoms with Crippen LogP contribution in [0.25, 0.3) is 22.3 Å². The van der Waals surface area contributed by atoms with Crippen molar-refractivity contribution in [1.82, 2.24) is 0 Å². The second-order valence-electron chi connectivity index (χ2n) is 8.04. The molecule has 1 heterocycles. The Morgan fingerprint density at radius 1 is 1.00 bits per heavy atom. The lowest BCUT2D eigenvalue weighted by Crippen LogP contribution is -2.43. The number of phenols is 1. The van der Waals surface area contributed by atoms with E-state index in [0.717, 1.165) is 11.3 Å². The van der Waals surface area contributed by atoms with E-state index < -0.39 is 8.32 Å². The molecule has 136 valence electrons. The van der Waals surface area contributed by atoms with Gasteiger partial charge in [0.25, 0.3) is 0 Å². The van der Waals surface area contributed by atoms with Gasteiger partial charge in [-0.15, -0.1) is 0 Å². The van der Waals surface area contributed by atoms with Gasteiger partial charge in [-0.25, -0.2) is 0 Å². The highest BCUT2D eigenvalue weighted by molar-refractivity contribution is 6.74. The summed E-state index contributed by atoms with van der Waals surface area (Å²) in [6, 6.07) is 13.6. The van der Waals surface area contributed by atoms with Crippen LogP contribution in [0.3, 0.4) is 0 Å². The van der Waals surface area contributed by atoms with Crippen LogP contribution >= 0.6 is 0 Å². The quantitative estimate of drug-likeness (QED) is 0.616. The highest BCUT2D eigenvalue weighted by Crippen LogP contribution is 2.37. The van der Waals surface area contributed by atoms with Gasteiger partial charge in [-0.2, -0.15) is 0 Å². The molecule has 0 aliphatic carbocycles. The van der Waals surface area contributed by atoms with Gasteiger partial charge in [0, 0.05) is 11.6 Å². The minimum absolute atomic E-state index is 0.0460. The molecule has 0 aliphatic rings. The molecule has 0 saturated carbocycles. The van der Waals surface area contributed by atoms with E-state index in [1.807, 2.05) is 24.3 Å². The molecule has 0 aliphatic heterocycles. The Labute approximate surface area is 154 Å². The van der Waals surface area contributed by atoms with Gasteiger partial charge in [-0.3, -0.25) is 4.79 Å². The van der Waals surface area contributed by atoms with Crippen molar-refractivity contribution in [1.29, 1.82) is 0 Å². The predicted molar refractivity (Wildman–Crippen MR) is 107 cm³/mol. The van der Waals surface area contributed by atoms with Gasteiger partial charge in [0.05, 0.1) is 5.39 Å². The molecular weight excluding hydrogens is 344 g/mol. The number of phenolic OH excluding ortho intramolecular Hbond substituents is 1. The second kappa shape index (κ2) is 6.32. The average Bonchev–Trinajstić information content (AvgIpc) is 2.54. The van der Waals surface area contributed by atoms with E-state index in [9.17, 15) is 9.90 Å². The maximum atomic E-state index is 12.3. The molecule has 4 nitrogen and oxygen atoms in total. The van der Waals surface area contributed by atoms with Crippen molar-refractivity contribution in [3.8, 4) is 22.8 Å². The number of hydrogen-bond acceptors (Lipinski definition) is 4. The van der Waals surface area contributed by atoms with Gasteiger partial charge in [0.15, 0.2) is 5.43 Å². The maximum absolute atomic E-state index is 12.3. The standard InChI is InChI=1S/C21H24O4Si/c1-21(2,3)26(4,5)25-16-9-6-14(7-10-16)20-13-18(23)17-12-15(22)8-11-19(17)24-20/h6-13,22H,1-5H3. The third kappa shape index (κ3) is 3.53. The fourth-order valence-electron chi connectivity index (χ4n) is 2.42. The zero-order valence-corrected chi connectivity index (χ0v) is 16.8. The molecule has 0 fully saturated rings. The van der Waals surface area contributed by atoms with E-state index in [1.54, 1.807) is 6.07 Å². The Bertz CT molecular complexity index is 995. The third-order valence-corrected chi connectivity index (χ3v) is 9.39. The molecule has 0 saturated heterocycles. The van der Waals surface area contributed by atoms with Gasteiger partial charge in [0.2, 0.25) is 8.32 Å². The molecule has 0 radical (unpaired) electrons. The van der Waals surface area contributed by atoms with E-state index in [0.29, 0.717) is 16.7 Å². The Morgan fingerprint density at radius 2 is 1.65 bits per heavy atom. The Balaban J connectivity index is 1.93. The van der Waals surface area contributed by atoms with Crippen LogP contribution < -0.4 is 9.85 Å². The van der Waals surface area contributed by atoms with E-state index in [1.165, 1.54) is 18.2 Å². The summed E-state index contributed by atoms with van der Waals surface area (Å²) >= 11 is 0. The third-order valence-electron chi connectivity index (χ3n) is 5.03. The first kappa shape index (κ1) is 18.3. The lowest BCUT2D eigenvalue weighted by molar-refractivity contribution is 0.475. The van der Waals surface area contributed by atoms with Crippen molar-refractivity contribution in [3.63, 3.8) is 0 Å². The first-order valence-corrected chi connectivity index (χ1v) is 11.5. The van der Waals surface area contributed by atoms with Gasteiger partial charge in [0.1, 0.15) is 22.8 Å². The number of hydrogen-bond donors (Lipinski definition) is 1. The summed E-state index contributed by atoms with van der Waals surface area (Å²) in [5.41, 5.74) is 1.07. The van der Waals surface area contributed by atoms with Crippen molar-refractivity contribution in [2.45, 2.75) is 38.9 Å². The van der Waals surface area contributed by atoms with Gasteiger partial charge < -0.3 is 13.9 Å². The van der Waals surface area contributed by atoms with Crippen molar-refractivity contribution >= 4 is 19.3 Å². The summed E-state index contributed by atoms with van der Waals surface area (Å²) in [5, 5.41) is 10.0. The van der Waals surface area contributed by atoms with Crippen LogP contribution in [0.2, 0.25) is 18.1 Å². The van der Waals surface area contributed by atoms with Crippen molar-refractivity contribution in [2.24, 2.45) is 0 Å². The molecule has 0 bridgehead atoms. The Hall–Kier alpha value is -2.53. The molecule has 3 aromatic rings. The van der Waals surface area contributed by atoms with Gasteiger partial charge in [-0.1, -0.05) is 20.8 Å².